The second-order valence-electron chi connectivity index (χ2n) is 2.66. The van der Waals surface area contributed by atoms with Gasteiger partial charge in [-0.05, 0) is 24.4 Å². The van der Waals surface area contributed by atoms with Crippen LogP contribution in [0.3, 0.4) is 0 Å². The lowest BCUT2D eigenvalue weighted by Crippen LogP contribution is -2.28. The van der Waals surface area contributed by atoms with Gasteiger partial charge in [-0.3, -0.25) is 5.43 Å². The zero-order chi connectivity index (χ0) is 11.3. The van der Waals surface area contributed by atoms with E-state index in [4.69, 9.17) is 12.2 Å². The lowest BCUT2D eigenvalue weighted by Gasteiger charge is -2.02. The summed E-state index contributed by atoms with van der Waals surface area (Å²) >= 11 is 4.78. The first kappa shape index (κ1) is 11.3. The van der Waals surface area contributed by atoms with Crippen molar-refractivity contribution < 1.29 is 10.2 Å². The molecule has 1 aromatic rings. The second kappa shape index (κ2) is 5.16. The summed E-state index contributed by atoms with van der Waals surface area (Å²) in [4.78, 5) is 0. The van der Waals surface area contributed by atoms with Gasteiger partial charge in [0.15, 0.2) is 16.6 Å². The van der Waals surface area contributed by atoms with E-state index in [2.05, 4.69) is 15.8 Å². The molecule has 80 valence electrons. The molecule has 0 atom stereocenters. The molecule has 0 saturated carbocycles. The van der Waals surface area contributed by atoms with Crippen molar-refractivity contribution in [3.05, 3.63) is 23.8 Å². The Labute approximate surface area is 92.4 Å². The molecule has 0 fully saturated rings. The molecule has 1 rings (SSSR count). The van der Waals surface area contributed by atoms with Crippen molar-refractivity contribution in [3.63, 3.8) is 0 Å². The monoisotopic (exact) mass is 225 g/mol. The van der Waals surface area contributed by atoms with Crippen LogP contribution >= 0.6 is 12.2 Å². The molecule has 0 aliphatic carbocycles. The Balaban J connectivity index is 2.72. The smallest absolute Gasteiger partial charge is 0.186 e. The van der Waals surface area contributed by atoms with Gasteiger partial charge in [0.2, 0.25) is 0 Å². The van der Waals surface area contributed by atoms with Gasteiger partial charge >= 0.3 is 0 Å². The van der Waals surface area contributed by atoms with Gasteiger partial charge in [0.05, 0.1) is 6.21 Å². The molecule has 1 aromatic carbocycles. The summed E-state index contributed by atoms with van der Waals surface area (Å²) in [5.41, 5.74) is 2.93. The van der Waals surface area contributed by atoms with Crippen molar-refractivity contribution in [2.75, 3.05) is 7.05 Å². The van der Waals surface area contributed by atoms with Crippen molar-refractivity contribution in [1.29, 1.82) is 0 Å². The van der Waals surface area contributed by atoms with Gasteiger partial charge in [-0.15, -0.1) is 0 Å². The highest BCUT2D eigenvalue weighted by Gasteiger charge is 2.02. The molecule has 0 saturated heterocycles. The molecule has 0 amide bonds. The number of hydrazone groups is 1. The van der Waals surface area contributed by atoms with E-state index >= 15 is 0 Å². The van der Waals surface area contributed by atoms with E-state index in [1.807, 2.05) is 0 Å². The molecule has 0 radical (unpaired) electrons. The number of benzene rings is 1. The molecule has 0 heterocycles. The first-order valence-corrected chi connectivity index (χ1v) is 4.57. The molecule has 0 bridgehead atoms. The van der Waals surface area contributed by atoms with E-state index in [9.17, 15) is 10.2 Å². The van der Waals surface area contributed by atoms with Gasteiger partial charge in [-0.1, -0.05) is 6.07 Å². The van der Waals surface area contributed by atoms with Crippen LogP contribution in [0.2, 0.25) is 0 Å². The third-order valence-electron chi connectivity index (χ3n) is 1.64. The van der Waals surface area contributed by atoms with Crippen molar-refractivity contribution in [3.8, 4) is 11.5 Å². The van der Waals surface area contributed by atoms with Crippen LogP contribution in [0.25, 0.3) is 0 Å². The highest BCUT2D eigenvalue weighted by atomic mass is 32.1. The van der Waals surface area contributed by atoms with Crippen molar-refractivity contribution >= 4 is 23.5 Å². The predicted molar refractivity (Wildman–Crippen MR) is 62.2 cm³/mol. The molecule has 0 unspecified atom stereocenters. The fraction of sp³-hybridized carbons (Fsp3) is 0.111. The Morgan fingerprint density at radius 1 is 1.47 bits per heavy atom. The molecule has 0 aromatic heterocycles. The first-order chi connectivity index (χ1) is 7.15. The number of hydrogen-bond acceptors (Lipinski definition) is 4. The molecule has 15 heavy (non-hydrogen) atoms. The lowest BCUT2D eigenvalue weighted by molar-refractivity contribution is 0.403. The van der Waals surface area contributed by atoms with E-state index in [-0.39, 0.29) is 11.5 Å². The molecule has 6 heteroatoms. The normalized spacial score (nSPS) is 10.2. The Morgan fingerprint density at radius 2 is 2.20 bits per heavy atom. The van der Waals surface area contributed by atoms with Crippen LogP contribution in [-0.2, 0) is 0 Å². The minimum absolute atomic E-state index is 0.185. The third kappa shape index (κ3) is 3.10. The summed E-state index contributed by atoms with van der Waals surface area (Å²) in [6.45, 7) is 0. The number of hydrogen-bond donors (Lipinski definition) is 4. The highest BCUT2D eigenvalue weighted by molar-refractivity contribution is 7.80. The molecule has 5 nitrogen and oxygen atoms in total. The molecular formula is C9H11N3O2S. The number of phenols is 2. The van der Waals surface area contributed by atoms with Gasteiger partial charge in [0, 0.05) is 12.6 Å². The third-order valence-corrected chi connectivity index (χ3v) is 1.94. The molecule has 4 N–H and O–H groups in total. The summed E-state index contributed by atoms with van der Waals surface area (Å²) in [6, 6.07) is 4.60. The topological polar surface area (TPSA) is 76.9 Å². The first-order valence-electron chi connectivity index (χ1n) is 4.17. The Bertz CT molecular complexity index is 393. The molecule has 0 spiro atoms. The maximum Gasteiger partial charge on any atom is 0.186 e. The predicted octanol–water partition coefficient (Wildman–Crippen LogP) is 0.526. The average molecular weight is 225 g/mol. The zero-order valence-electron chi connectivity index (χ0n) is 8.06. The van der Waals surface area contributed by atoms with Crippen LogP contribution in [0.4, 0.5) is 0 Å². The second-order valence-corrected chi connectivity index (χ2v) is 3.07. The number of rotatable bonds is 2. The summed E-state index contributed by atoms with van der Waals surface area (Å²) in [5.74, 6) is -0.395. The van der Waals surface area contributed by atoms with Gasteiger partial charge in [-0.25, -0.2) is 0 Å². The van der Waals surface area contributed by atoms with Gasteiger partial charge in [0.1, 0.15) is 0 Å². The fourth-order valence-corrected chi connectivity index (χ4v) is 0.922. The number of nitrogens with zero attached hydrogens (tertiary/aromatic N) is 1. The maximum atomic E-state index is 9.40. The van der Waals surface area contributed by atoms with E-state index in [0.29, 0.717) is 10.7 Å². The zero-order valence-corrected chi connectivity index (χ0v) is 8.88. The van der Waals surface area contributed by atoms with Gasteiger partial charge in [0.25, 0.3) is 0 Å². The minimum Gasteiger partial charge on any atom is -0.504 e. The number of phenolic OH excluding ortho intramolecular Hbond substituents is 2. The summed E-state index contributed by atoms with van der Waals surface area (Å²) in [6.07, 6.45) is 1.36. The van der Waals surface area contributed by atoms with Crippen molar-refractivity contribution in [1.82, 2.24) is 10.7 Å². The standard InChI is InChI=1S/C9H11N3O2S/c1-10-9(15)12-11-5-6-3-2-4-7(13)8(6)14/h2-5,13-14H,1H3,(H2,10,12,15)/b11-5+. The van der Waals surface area contributed by atoms with E-state index in [1.54, 1.807) is 19.2 Å². The average Bonchev–Trinajstić information content (AvgIpc) is 2.24. The molecule has 0 aliphatic heterocycles. The van der Waals surface area contributed by atoms with Crippen molar-refractivity contribution in [2.24, 2.45) is 5.10 Å². The summed E-state index contributed by atoms with van der Waals surface area (Å²) in [7, 11) is 1.66. The Morgan fingerprint density at radius 3 is 2.87 bits per heavy atom. The van der Waals surface area contributed by atoms with Crippen LogP contribution in [0.15, 0.2) is 23.3 Å². The van der Waals surface area contributed by atoms with Gasteiger partial charge < -0.3 is 15.5 Å². The number of thiocarbonyl (C=S) groups is 1. The number of aromatic hydroxyl groups is 2. The fourth-order valence-electron chi connectivity index (χ4n) is 0.869. The number of nitrogens with one attached hydrogen (secondary N) is 2. The minimum atomic E-state index is -0.210. The Hall–Kier alpha value is -1.82. The van der Waals surface area contributed by atoms with Crippen LogP contribution in [0.5, 0.6) is 11.5 Å². The quantitative estimate of drug-likeness (QED) is 0.255. The van der Waals surface area contributed by atoms with E-state index < -0.39 is 0 Å². The Kier molecular flexibility index (Phi) is 3.87. The van der Waals surface area contributed by atoms with E-state index in [0.717, 1.165) is 0 Å². The maximum absolute atomic E-state index is 9.40. The summed E-state index contributed by atoms with van der Waals surface area (Å²) < 4.78 is 0. The molecular weight excluding hydrogens is 214 g/mol. The van der Waals surface area contributed by atoms with Crippen LogP contribution in [0, 0.1) is 0 Å². The largest absolute Gasteiger partial charge is 0.504 e. The van der Waals surface area contributed by atoms with Crippen molar-refractivity contribution in [2.45, 2.75) is 0 Å². The lowest BCUT2D eigenvalue weighted by atomic mass is 10.2. The van der Waals surface area contributed by atoms with Crippen LogP contribution in [-0.4, -0.2) is 28.6 Å². The SMILES string of the molecule is CNC(=S)N/N=C/c1cccc(O)c1O. The van der Waals surface area contributed by atoms with Crippen LogP contribution in [0.1, 0.15) is 5.56 Å². The number of para-hydroxylation sites is 1. The summed E-state index contributed by atoms with van der Waals surface area (Å²) in [5, 5.41) is 25.4. The van der Waals surface area contributed by atoms with E-state index in [1.165, 1.54) is 12.3 Å². The molecule has 0 aliphatic rings. The highest BCUT2D eigenvalue weighted by Crippen LogP contribution is 2.26. The van der Waals surface area contributed by atoms with Gasteiger partial charge in [-0.2, -0.15) is 5.10 Å². The van der Waals surface area contributed by atoms with Crippen LogP contribution < -0.4 is 10.7 Å².